The van der Waals surface area contributed by atoms with E-state index in [0.717, 1.165) is 21.7 Å². The molecule has 1 saturated heterocycles. The number of para-hydroxylation sites is 1. The number of thiazole rings is 1. The number of aryl methyl sites for hydroxylation is 1. The number of nitrogens with two attached hydrogens (primary N) is 1. The summed E-state index contributed by atoms with van der Waals surface area (Å²) in [6.07, 6.45) is 1.23. The number of carbonyl (C=O) groups excluding carboxylic acids is 2. The smallest absolute Gasteiger partial charge is 0.273 e. The van der Waals surface area contributed by atoms with E-state index in [9.17, 15) is 9.59 Å². The van der Waals surface area contributed by atoms with Gasteiger partial charge in [0, 0.05) is 30.1 Å². The molecule has 30 heavy (non-hydrogen) atoms. The number of amides is 2. The SMILES string of the molecule is Cc1nnc(SCc2nc(C(=O)N3CCC(C(N)=O)CC3)cs2)n1-c1ccccc1. The molecule has 0 saturated carbocycles. The van der Waals surface area contributed by atoms with Gasteiger partial charge in [0.2, 0.25) is 5.91 Å². The highest BCUT2D eigenvalue weighted by Crippen LogP contribution is 2.27. The molecule has 1 aliphatic heterocycles. The van der Waals surface area contributed by atoms with Crippen LogP contribution in [0.4, 0.5) is 0 Å². The van der Waals surface area contributed by atoms with E-state index in [2.05, 4.69) is 15.2 Å². The highest BCUT2D eigenvalue weighted by Gasteiger charge is 2.27. The highest BCUT2D eigenvalue weighted by atomic mass is 32.2. The van der Waals surface area contributed by atoms with Gasteiger partial charge in [-0.15, -0.1) is 21.5 Å². The van der Waals surface area contributed by atoms with Crippen molar-refractivity contribution < 1.29 is 9.59 Å². The fourth-order valence-electron chi connectivity index (χ4n) is 3.44. The number of hydrogen-bond donors (Lipinski definition) is 1. The van der Waals surface area contributed by atoms with Crippen molar-refractivity contribution in [2.45, 2.75) is 30.7 Å². The standard InChI is InChI=1S/C20H22N6O2S2/c1-13-23-24-20(26(13)15-5-3-2-4-6-15)30-12-17-22-16(11-29-17)19(28)25-9-7-14(8-10-25)18(21)27/h2-6,11,14H,7-10,12H2,1H3,(H2,21,27). The Morgan fingerprint density at radius 1 is 1.20 bits per heavy atom. The van der Waals surface area contributed by atoms with E-state index < -0.39 is 0 Å². The van der Waals surface area contributed by atoms with Crippen molar-refractivity contribution in [1.29, 1.82) is 0 Å². The molecule has 8 nitrogen and oxygen atoms in total. The molecule has 2 aromatic heterocycles. The van der Waals surface area contributed by atoms with Crippen LogP contribution in [0.2, 0.25) is 0 Å². The van der Waals surface area contributed by atoms with Gasteiger partial charge in [0.25, 0.3) is 5.91 Å². The first-order valence-corrected chi connectivity index (χ1v) is 11.5. The Hall–Kier alpha value is -2.72. The van der Waals surface area contributed by atoms with Crippen LogP contribution in [0.25, 0.3) is 5.69 Å². The van der Waals surface area contributed by atoms with Gasteiger partial charge in [0.05, 0.1) is 5.75 Å². The molecule has 0 unspecified atom stereocenters. The number of likely N-dealkylation sites (tertiary alicyclic amines) is 1. The van der Waals surface area contributed by atoms with Crippen LogP contribution in [-0.4, -0.2) is 49.6 Å². The maximum absolute atomic E-state index is 12.7. The minimum atomic E-state index is -0.284. The van der Waals surface area contributed by atoms with Gasteiger partial charge in [-0.25, -0.2) is 4.98 Å². The molecule has 0 aliphatic carbocycles. The minimum Gasteiger partial charge on any atom is -0.369 e. The predicted octanol–water partition coefficient (Wildman–Crippen LogP) is 2.66. The molecular formula is C20H22N6O2S2. The van der Waals surface area contributed by atoms with E-state index >= 15 is 0 Å². The van der Waals surface area contributed by atoms with Crippen molar-refractivity contribution in [1.82, 2.24) is 24.6 Å². The lowest BCUT2D eigenvalue weighted by atomic mass is 9.96. The molecule has 0 atom stereocenters. The van der Waals surface area contributed by atoms with Gasteiger partial charge in [-0.05, 0) is 31.9 Å². The number of thioether (sulfide) groups is 1. The summed E-state index contributed by atoms with van der Waals surface area (Å²) in [5.74, 6) is 0.912. The van der Waals surface area contributed by atoms with Crippen molar-refractivity contribution in [2.24, 2.45) is 11.7 Å². The lowest BCUT2D eigenvalue weighted by molar-refractivity contribution is -0.123. The molecule has 1 fully saturated rings. The molecule has 4 rings (SSSR count). The Kier molecular flexibility index (Phi) is 6.14. The van der Waals surface area contributed by atoms with E-state index in [4.69, 9.17) is 5.73 Å². The first-order valence-electron chi connectivity index (χ1n) is 9.66. The van der Waals surface area contributed by atoms with E-state index in [0.29, 0.717) is 37.4 Å². The summed E-state index contributed by atoms with van der Waals surface area (Å²) in [5.41, 5.74) is 6.83. The Morgan fingerprint density at radius 3 is 2.63 bits per heavy atom. The summed E-state index contributed by atoms with van der Waals surface area (Å²) in [7, 11) is 0. The maximum Gasteiger partial charge on any atom is 0.273 e. The Labute approximate surface area is 182 Å². The quantitative estimate of drug-likeness (QED) is 0.588. The molecular weight excluding hydrogens is 420 g/mol. The highest BCUT2D eigenvalue weighted by molar-refractivity contribution is 7.98. The topological polar surface area (TPSA) is 107 Å². The Balaban J connectivity index is 1.39. The van der Waals surface area contributed by atoms with Crippen molar-refractivity contribution in [3.8, 4) is 5.69 Å². The predicted molar refractivity (Wildman–Crippen MR) is 116 cm³/mol. The number of primary amides is 1. The average molecular weight is 443 g/mol. The molecule has 1 aromatic carbocycles. The monoisotopic (exact) mass is 442 g/mol. The molecule has 10 heteroatoms. The number of rotatable bonds is 6. The summed E-state index contributed by atoms with van der Waals surface area (Å²) in [5, 5.41) is 11.9. The van der Waals surface area contributed by atoms with Crippen molar-refractivity contribution in [3.63, 3.8) is 0 Å². The molecule has 3 aromatic rings. The largest absolute Gasteiger partial charge is 0.369 e. The van der Waals surface area contributed by atoms with Gasteiger partial charge in [-0.1, -0.05) is 30.0 Å². The van der Waals surface area contributed by atoms with E-state index in [1.807, 2.05) is 41.8 Å². The van der Waals surface area contributed by atoms with Crippen LogP contribution in [0.15, 0.2) is 40.9 Å². The second kappa shape index (κ2) is 8.97. The molecule has 2 N–H and O–H groups in total. The second-order valence-corrected chi connectivity index (χ2v) is 8.97. The van der Waals surface area contributed by atoms with Gasteiger partial charge < -0.3 is 10.6 Å². The molecule has 0 spiro atoms. The lowest BCUT2D eigenvalue weighted by Gasteiger charge is -2.30. The van der Waals surface area contributed by atoms with E-state index in [1.165, 1.54) is 11.3 Å². The molecule has 156 valence electrons. The van der Waals surface area contributed by atoms with Gasteiger partial charge in [0.1, 0.15) is 16.5 Å². The number of carbonyl (C=O) groups is 2. The average Bonchev–Trinajstić information content (AvgIpc) is 3.39. The molecule has 0 bridgehead atoms. The zero-order chi connectivity index (χ0) is 21.1. The third-order valence-electron chi connectivity index (χ3n) is 5.09. The minimum absolute atomic E-state index is 0.0892. The number of hydrogen-bond acceptors (Lipinski definition) is 7. The Bertz CT molecular complexity index is 1040. The molecule has 0 radical (unpaired) electrons. The lowest BCUT2D eigenvalue weighted by Crippen LogP contribution is -2.41. The third kappa shape index (κ3) is 4.39. The summed E-state index contributed by atoms with van der Waals surface area (Å²) < 4.78 is 2.01. The Morgan fingerprint density at radius 2 is 1.93 bits per heavy atom. The number of nitrogens with zero attached hydrogens (tertiary/aromatic N) is 5. The van der Waals surface area contributed by atoms with Crippen molar-refractivity contribution in [2.75, 3.05) is 13.1 Å². The van der Waals surface area contributed by atoms with E-state index in [1.54, 1.807) is 22.0 Å². The fourth-order valence-corrected chi connectivity index (χ4v) is 5.23. The van der Waals surface area contributed by atoms with Gasteiger partial charge in [-0.3, -0.25) is 14.2 Å². The van der Waals surface area contributed by atoms with Gasteiger partial charge in [-0.2, -0.15) is 0 Å². The summed E-state index contributed by atoms with van der Waals surface area (Å²) in [6, 6.07) is 9.97. The number of aromatic nitrogens is 4. The molecule has 1 aliphatic rings. The van der Waals surface area contributed by atoms with Gasteiger partial charge in [0.15, 0.2) is 5.16 Å². The van der Waals surface area contributed by atoms with Crippen molar-refractivity contribution >= 4 is 34.9 Å². The summed E-state index contributed by atoms with van der Waals surface area (Å²) in [6.45, 7) is 2.99. The first-order chi connectivity index (χ1) is 14.5. The van der Waals surface area contributed by atoms with Crippen LogP contribution < -0.4 is 5.73 Å². The normalized spacial score (nSPS) is 14.8. The zero-order valence-electron chi connectivity index (χ0n) is 16.5. The number of benzene rings is 1. The first kappa shape index (κ1) is 20.5. The fraction of sp³-hybridized carbons (Fsp3) is 0.350. The zero-order valence-corrected chi connectivity index (χ0v) is 18.2. The van der Waals surface area contributed by atoms with Crippen LogP contribution in [0.5, 0.6) is 0 Å². The van der Waals surface area contributed by atoms with Crippen LogP contribution in [-0.2, 0) is 10.5 Å². The van der Waals surface area contributed by atoms with E-state index in [-0.39, 0.29) is 17.7 Å². The van der Waals surface area contributed by atoms with Crippen LogP contribution in [0, 0.1) is 12.8 Å². The van der Waals surface area contributed by atoms with Crippen LogP contribution in [0.3, 0.4) is 0 Å². The van der Waals surface area contributed by atoms with Crippen LogP contribution in [0.1, 0.15) is 34.2 Å². The molecule has 2 amide bonds. The maximum atomic E-state index is 12.7. The summed E-state index contributed by atoms with van der Waals surface area (Å²) >= 11 is 3.00. The third-order valence-corrected chi connectivity index (χ3v) is 7.06. The summed E-state index contributed by atoms with van der Waals surface area (Å²) in [4.78, 5) is 30.3. The van der Waals surface area contributed by atoms with Crippen LogP contribution >= 0.6 is 23.1 Å². The number of piperidine rings is 1. The van der Waals surface area contributed by atoms with Gasteiger partial charge >= 0.3 is 0 Å². The second-order valence-electron chi connectivity index (χ2n) is 7.08. The van der Waals surface area contributed by atoms with Crippen molar-refractivity contribution in [3.05, 3.63) is 52.2 Å². The molecule has 3 heterocycles.